The van der Waals surface area contributed by atoms with Gasteiger partial charge < -0.3 is 15.2 Å². The molecule has 1 fully saturated rings. The van der Waals surface area contributed by atoms with E-state index < -0.39 is 6.10 Å². The van der Waals surface area contributed by atoms with Crippen LogP contribution < -0.4 is 5.32 Å². The Hall–Kier alpha value is -1.02. The number of carbonyl (C=O) groups is 1. The molecule has 1 saturated heterocycles. The van der Waals surface area contributed by atoms with Crippen molar-refractivity contribution in [1.29, 1.82) is 0 Å². The fourth-order valence-corrected chi connectivity index (χ4v) is 2.89. The molecule has 1 aliphatic rings. The Bertz CT molecular complexity index is 439. The number of aromatic nitrogens is 1. The number of likely N-dealkylation sites (tertiary alicyclic amines) is 1. The first-order valence-corrected chi connectivity index (χ1v) is 8.17. The van der Waals surface area contributed by atoms with Gasteiger partial charge in [-0.1, -0.05) is 0 Å². The lowest BCUT2D eigenvalue weighted by atomic mass is 10.0. The summed E-state index contributed by atoms with van der Waals surface area (Å²) >= 11 is 1.57. The normalized spacial score (nSPS) is 23.4. The Kier molecular flexibility index (Phi) is 6.10. The molecule has 1 aliphatic heterocycles. The van der Waals surface area contributed by atoms with Crippen molar-refractivity contribution >= 4 is 17.2 Å². The van der Waals surface area contributed by atoms with Crippen molar-refractivity contribution in [3.63, 3.8) is 0 Å². The Morgan fingerprint density at radius 3 is 3.10 bits per heavy atom. The molecule has 0 radical (unpaired) electrons. The standard InChI is InChI=1S/C14H23N3O3S/c1-10(2)20-7-14(19)16-12-3-4-17(6-13(12)18)5-11-8-21-9-15-11/h8-10,12-13,18H,3-7H2,1-2H3,(H,16,19)/t12-,13-/m1/s1. The van der Waals surface area contributed by atoms with Crippen molar-refractivity contribution in [3.8, 4) is 0 Å². The van der Waals surface area contributed by atoms with Crippen LogP contribution in [-0.4, -0.2) is 58.8 Å². The van der Waals surface area contributed by atoms with Gasteiger partial charge in [0.25, 0.3) is 0 Å². The summed E-state index contributed by atoms with van der Waals surface area (Å²) in [6.45, 7) is 5.96. The molecule has 1 amide bonds. The van der Waals surface area contributed by atoms with Gasteiger partial charge in [0.1, 0.15) is 6.61 Å². The topological polar surface area (TPSA) is 74.7 Å². The van der Waals surface area contributed by atoms with Gasteiger partial charge in [-0.25, -0.2) is 4.98 Å². The largest absolute Gasteiger partial charge is 0.390 e. The van der Waals surface area contributed by atoms with E-state index in [2.05, 4.69) is 15.2 Å². The smallest absolute Gasteiger partial charge is 0.246 e. The number of thiazole rings is 1. The molecule has 2 heterocycles. The van der Waals surface area contributed by atoms with Crippen molar-refractivity contribution in [3.05, 3.63) is 16.6 Å². The Morgan fingerprint density at radius 2 is 2.48 bits per heavy atom. The highest BCUT2D eigenvalue weighted by atomic mass is 32.1. The summed E-state index contributed by atoms with van der Waals surface area (Å²) in [5.74, 6) is -0.166. The second-order valence-electron chi connectivity index (χ2n) is 5.60. The molecule has 0 unspecified atom stereocenters. The van der Waals surface area contributed by atoms with Gasteiger partial charge in [-0.15, -0.1) is 11.3 Å². The molecule has 0 bridgehead atoms. The summed E-state index contributed by atoms with van der Waals surface area (Å²) in [5, 5.41) is 15.0. The number of ether oxygens (including phenoxy) is 1. The van der Waals surface area contributed by atoms with E-state index >= 15 is 0 Å². The molecule has 6 nitrogen and oxygen atoms in total. The van der Waals surface area contributed by atoms with Crippen LogP contribution in [0.25, 0.3) is 0 Å². The third-order valence-electron chi connectivity index (χ3n) is 3.43. The zero-order valence-electron chi connectivity index (χ0n) is 12.5. The molecule has 1 aromatic rings. The van der Waals surface area contributed by atoms with E-state index in [-0.39, 0.29) is 24.7 Å². The summed E-state index contributed by atoms with van der Waals surface area (Å²) in [4.78, 5) is 18.1. The lowest BCUT2D eigenvalue weighted by molar-refractivity contribution is -0.129. The number of carbonyl (C=O) groups excluding carboxylic acids is 1. The maximum Gasteiger partial charge on any atom is 0.246 e. The monoisotopic (exact) mass is 313 g/mol. The highest BCUT2D eigenvalue weighted by molar-refractivity contribution is 7.07. The minimum absolute atomic E-state index is 0.0284. The van der Waals surface area contributed by atoms with E-state index in [0.29, 0.717) is 6.54 Å². The van der Waals surface area contributed by atoms with Crippen LogP contribution in [0, 0.1) is 0 Å². The van der Waals surface area contributed by atoms with Crippen molar-refractivity contribution in [2.75, 3.05) is 19.7 Å². The Balaban J connectivity index is 1.74. The number of aliphatic hydroxyl groups excluding tert-OH is 1. The van der Waals surface area contributed by atoms with Crippen molar-refractivity contribution in [2.24, 2.45) is 0 Å². The predicted octanol–water partition coefficient (Wildman–Crippen LogP) is 0.619. The second kappa shape index (κ2) is 7.84. The first kappa shape index (κ1) is 16.4. The minimum atomic E-state index is -0.555. The number of hydrogen-bond donors (Lipinski definition) is 2. The molecule has 2 atom stereocenters. The van der Waals surface area contributed by atoms with Gasteiger partial charge in [0.05, 0.1) is 29.5 Å². The first-order valence-electron chi connectivity index (χ1n) is 7.23. The molecule has 2 N–H and O–H groups in total. The van der Waals surface area contributed by atoms with Crippen molar-refractivity contribution in [1.82, 2.24) is 15.2 Å². The summed E-state index contributed by atoms with van der Waals surface area (Å²) < 4.78 is 5.26. The second-order valence-corrected chi connectivity index (χ2v) is 6.32. The number of nitrogens with one attached hydrogen (secondary N) is 1. The Morgan fingerprint density at radius 1 is 1.67 bits per heavy atom. The van der Waals surface area contributed by atoms with Gasteiger partial charge in [0.15, 0.2) is 0 Å². The zero-order valence-corrected chi connectivity index (χ0v) is 13.3. The van der Waals surface area contributed by atoms with Crippen molar-refractivity contribution in [2.45, 2.75) is 45.1 Å². The van der Waals surface area contributed by atoms with E-state index in [1.807, 2.05) is 24.7 Å². The molecule has 2 rings (SSSR count). The number of β-amino-alcohol motifs (C(OH)–C–C–N with tert-alkyl or cyclic N) is 1. The van der Waals surface area contributed by atoms with Crippen LogP contribution in [-0.2, 0) is 16.1 Å². The Labute approximate surface area is 129 Å². The quantitative estimate of drug-likeness (QED) is 0.805. The van der Waals surface area contributed by atoms with E-state index in [0.717, 1.165) is 25.2 Å². The van der Waals surface area contributed by atoms with Gasteiger partial charge in [0.2, 0.25) is 5.91 Å². The summed E-state index contributed by atoms with van der Waals surface area (Å²) in [6, 6.07) is -0.194. The molecule has 7 heteroatoms. The number of rotatable bonds is 6. The first-order chi connectivity index (χ1) is 10.0. The van der Waals surface area contributed by atoms with Gasteiger partial charge in [0, 0.05) is 25.0 Å². The lowest BCUT2D eigenvalue weighted by Crippen LogP contribution is -2.54. The van der Waals surface area contributed by atoms with E-state index in [4.69, 9.17) is 4.74 Å². The van der Waals surface area contributed by atoms with Crippen LogP contribution in [0.2, 0.25) is 0 Å². The highest BCUT2D eigenvalue weighted by Gasteiger charge is 2.29. The van der Waals surface area contributed by atoms with Crippen LogP contribution in [0.5, 0.6) is 0 Å². The predicted molar refractivity (Wildman–Crippen MR) is 81.0 cm³/mol. The molecule has 0 saturated carbocycles. The van der Waals surface area contributed by atoms with Crippen LogP contribution >= 0.6 is 11.3 Å². The van der Waals surface area contributed by atoms with E-state index in [9.17, 15) is 9.90 Å². The SMILES string of the molecule is CC(C)OCC(=O)N[C@@H]1CCN(Cc2cscn2)C[C@H]1O. The number of piperidine rings is 1. The average Bonchev–Trinajstić information content (AvgIpc) is 2.92. The maximum atomic E-state index is 11.7. The van der Waals surface area contributed by atoms with Crippen molar-refractivity contribution < 1.29 is 14.6 Å². The summed E-state index contributed by atoms with van der Waals surface area (Å²) in [6.07, 6.45) is 0.208. The molecule has 0 aromatic carbocycles. The fourth-order valence-electron chi connectivity index (χ4n) is 2.34. The average molecular weight is 313 g/mol. The lowest BCUT2D eigenvalue weighted by Gasteiger charge is -2.35. The number of amides is 1. The number of nitrogens with zero attached hydrogens (tertiary/aromatic N) is 2. The third-order valence-corrected chi connectivity index (χ3v) is 4.06. The molecular formula is C14H23N3O3S. The van der Waals surface area contributed by atoms with Crippen LogP contribution in [0.3, 0.4) is 0 Å². The number of hydrogen-bond acceptors (Lipinski definition) is 6. The molecular weight excluding hydrogens is 290 g/mol. The molecule has 0 spiro atoms. The summed E-state index contributed by atoms with van der Waals surface area (Å²) in [5.41, 5.74) is 2.84. The number of aliphatic hydroxyl groups is 1. The fraction of sp³-hybridized carbons (Fsp3) is 0.714. The van der Waals surface area contributed by atoms with E-state index in [1.165, 1.54) is 0 Å². The minimum Gasteiger partial charge on any atom is -0.390 e. The zero-order chi connectivity index (χ0) is 15.2. The maximum absolute atomic E-state index is 11.7. The molecule has 21 heavy (non-hydrogen) atoms. The van der Waals surface area contributed by atoms with Gasteiger partial charge in [-0.2, -0.15) is 0 Å². The van der Waals surface area contributed by atoms with Crippen LogP contribution in [0.15, 0.2) is 10.9 Å². The molecule has 0 aliphatic carbocycles. The van der Waals surface area contributed by atoms with Crippen LogP contribution in [0.1, 0.15) is 26.0 Å². The van der Waals surface area contributed by atoms with E-state index in [1.54, 1.807) is 11.3 Å². The van der Waals surface area contributed by atoms with Crippen LogP contribution in [0.4, 0.5) is 0 Å². The summed E-state index contributed by atoms with van der Waals surface area (Å²) in [7, 11) is 0. The third kappa shape index (κ3) is 5.35. The molecule has 1 aromatic heterocycles. The molecule has 118 valence electrons. The van der Waals surface area contributed by atoms with Gasteiger partial charge in [-0.3, -0.25) is 9.69 Å². The highest BCUT2D eigenvalue weighted by Crippen LogP contribution is 2.14. The van der Waals surface area contributed by atoms with Gasteiger partial charge >= 0.3 is 0 Å². The van der Waals surface area contributed by atoms with Gasteiger partial charge in [-0.05, 0) is 20.3 Å².